The highest BCUT2D eigenvalue weighted by molar-refractivity contribution is 5.88. The third kappa shape index (κ3) is 3.75. The van der Waals surface area contributed by atoms with E-state index in [1.165, 1.54) is 47.6 Å². The molecule has 0 radical (unpaired) electrons. The van der Waals surface area contributed by atoms with E-state index in [2.05, 4.69) is 67.3 Å². The molecule has 1 saturated carbocycles. The summed E-state index contributed by atoms with van der Waals surface area (Å²) >= 11 is 0. The second-order valence-electron chi connectivity index (χ2n) is 7.62. The molecule has 3 aromatic carbocycles. The van der Waals surface area contributed by atoms with E-state index in [1.54, 1.807) is 0 Å². The largest absolute Gasteiger partial charge is 0.399 e. The fraction of sp³-hybridized carbons (Fsp3) is 0.280. The molecular formula is C25H25N. The van der Waals surface area contributed by atoms with Crippen LogP contribution in [0, 0.1) is 23.7 Å². The second-order valence-corrected chi connectivity index (χ2v) is 7.62. The minimum atomic E-state index is 0.579. The van der Waals surface area contributed by atoms with Crippen LogP contribution in [0.15, 0.2) is 60.7 Å². The van der Waals surface area contributed by atoms with Gasteiger partial charge in [-0.05, 0) is 83.8 Å². The molecule has 0 unspecified atom stereocenters. The highest BCUT2D eigenvalue weighted by atomic mass is 14.5. The molecule has 1 fully saturated rings. The standard InChI is InChI=1S/C25H25N/c1-18-2-4-19(5-3-18)6-7-20-8-9-24-17-23(11-10-22(24)16-20)21-12-14-25(26)15-13-21/h8-19H,2-5,26H2,1H3. The van der Waals surface area contributed by atoms with Crippen molar-refractivity contribution in [2.45, 2.75) is 32.6 Å². The van der Waals surface area contributed by atoms with Crippen LogP contribution in [0.2, 0.25) is 0 Å². The van der Waals surface area contributed by atoms with Crippen LogP contribution in [0.3, 0.4) is 0 Å². The smallest absolute Gasteiger partial charge is 0.0314 e. The monoisotopic (exact) mass is 339 g/mol. The van der Waals surface area contributed by atoms with Crippen molar-refractivity contribution in [1.82, 2.24) is 0 Å². The van der Waals surface area contributed by atoms with Crippen molar-refractivity contribution in [3.63, 3.8) is 0 Å². The number of fused-ring (bicyclic) bond motifs is 1. The Morgan fingerprint density at radius 1 is 0.769 bits per heavy atom. The number of anilines is 1. The van der Waals surface area contributed by atoms with E-state index in [0.717, 1.165) is 17.2 Å². The molecule has 0 aliphatic heterocycles. The Morgan fingerprint density at radius 3 is 2.19 bits per heavy atom. The maximum absolute atomic E-state index is 5.79. The highest BCUT2D eigenvalue weighted by Crippen LogP contribution is 2.28. The summed E-state index contributed by atoms with van der Waals surface area (Å²) in [6.07, 6.45) is 5.16. The number of benzene rings is 3. The van der Waals surface area contributed by atoms with Crippen molar-refractivity contribution in [2.75, 3.05) is 5.73 Å². The molecular weight excluding hydrogens is 314 g/mol. The lowest BCUT2D eigenvalue weighted by atomic mass is 9.83. The van der Waals surface area contributed by atoms with Crippen LogP contribution in [0.5, 0.6) is 0 Å². The van der Waals surface area contributed by atoms with Gasteiger partial charge in [0.2, 0.25) is 0 Å². The summed E-state index contributed by atoms with van der Waals surface area (Å²) in [6, 6.07) is 21.2. The summed E-state index contributed by atoms with van der Waals surface area (Å²) in [5.41, 5.74) is 10.1. The molecule has 1 nitrogen and oxygen atoms in total. The van der Waals surface area contributed by atoms with Crippen molar-refractivity contribution in [3.05, 3.63) is 66.2 Å². The fourth-order valence-electron chi connectivity index (χ4n) is 3.77. The minimum absolute atomic E-state index is 0.579. The molecule has 2 N–H and O–H groups in total. The van der Waals surface area contributed by atoms with E-state index in [1.807, 2.05) is 12.1 Å². The number of nitrogen functional groups attached to an aromatic ring is 1. The molecule has 0 amide bonds. The van der Waals surface area contributed by atoms with Gasteiger partial charge in [0.15, 0.2) is 0 Å². The fourth-order valence-corrected chi connectivity index (χ4v) is 3.77. The molecule has 0 saturated heterocycles. The SMILES string of the molecule is CC1CCC(C#Cc2ccc3cc(-c4ccc(N)cc4)ccc3c2)CC1. The lowest BCUT2D eigenvalue weighted by Crippen LogP contribution is -2.10. The number of hydrogen-bond acceptors (Lipinski definition) is 1. The lowest BCUT2D eigenvalue weighted by Gasteiger charge is -2.21. The summed E-state index contributed by atoms with van der Waals surface area (Å²) in [7, 11) is 0. The summed E-state index contributed by atoms with van der Waals surface area (Å²) in [5, 5.41) is 2.49. The van der Waals surface area contributed by atoms with Gasteiger partial charge in [0.1, 0.15) is 0 Å². The van der Waals surface area contributed by atoms with Gasteiger partial charge in [-0.1, -0.05) is 49.1 Å². The Morgan fingerprint density at radius 2 is 1.42 bits per heavy atom. The van der Waals surface area contributed by atoms with Crippen LogP contribution >= 0.6 is 0 Å². The third-order valence-electron chi connectivity index (χ3n) is 5.52. The Balaban J connectivity index is 1.57. The maximum Gasteiger partial charge on any atom is 0.0314 e. The zero-order chi connectivity index (χ0) is 17.9. The normalized spacial score (nSPS) is 19.7. The van der Waals surface area contributed by atoms with Crippen molar-refractivity contribution in [2.24, 2.45) is 11.8 Å². The van der Waals surface area contributed by atoms with Gasteiger partial charge in [0, 0.05) is 17.2 Å². The van der Waals surface area contributed by atoms with Crippen LogP contribution in [0.4, 0.5) is 5.69 Å². The van der Waals surface area contributed by atoms with E-state index < -0.39 is 0 Å². The average molecular weight is 339 g/mol. The molecule has 4 rings (SSSR count). The van der Waals surface area contributed by atoms with Gasteiger partial charge in [-0.15, -0.1) is 0 Å². The maximum atomic E-state index is 5.79. The van der Waals surface area contributed by atoms with Crippen LogP contribution in [-0.2, 0) is 0 Å². The molecule has 26 heavy (non-hydrogen) atoms. The predicted molar refractivity (Wildman–Crippen MR) is 112 cm³/mol. The van der Waals surface area contributed by atoms with Crippen molar-refractivity contribution < 1.29 is 0 Å². The molecule has 0 bridgehead atoms. The first-order valence-corrected chi connectivity index (χ1v) is 9.59. The minimum Gasteiger partial charge on any atom is -0.399 e. The van der Waals surface area contributed by atoms with Crippen LogP contribution in [0.25, 0.3) is 21.9 Å². The zero-order valence-electron chi connectivity index (χ0n) is 15.3. The zero-order valence-corrected chi connectivity index (χ0v) is 15.3. The van der Waals surface area contributed by atoms with Gasteiger partial charge >= 0.3 is 0 Å². The van der Waals surface area contributed by atoms with E-state index >= 15 is 0 Å². The Labute approximate surface area is 156 Å². The molecule has 0 aromatic heterocycles. The Bertz CT molecular complexity index is 964. The number of nitrogens with two attached hydrogens (primary N) is 1. The molecule has 0 spiro atoms. The predicted octanol–water partition coefficient (Wildman–Crippen LogP) is 6.27. The molecule has 1 heteroatoms. The van der Waals surface area contributed by atoms with E-state index in [9.17, 15) is 0 Å². The summed E-state index contributed by atoms with van der Waals surface area (Å²) in [5.74, 6) is 8.37. The Hall–Kier alpha value is -2.72. The van der Waals surface area contributed by atoms with Gasteiger partial charge in [-0.3, -0.25) is 0 Å². The van der Waals surface area contributed by atoms with Crippen molar-refractivity contribution in [3.8, 4) is 23.0 Å². The Kier molecular flexibility index (Phi) is 4.67. The lowest BCUT2D eigenvalue weighted by molar-refractivity contribution is 0.337. The summed E-state index contributed by atoms with van der Waals surface area (Å²) in [6.45, 7) is 2.35. The van der Waals surface area contributed by atoms with Gasteiger partial charge in [0.25, 0.3) is 0 Å². The average Bonchev–Trinajstić information content (AvgIpc) is 2.67. The molecule has 0 atom stereocenters. The number of hydrogen-bond donors (Lipinski definition) is 1. The van der Waals surface area contributed by atoms with E-state index in [0.29, 0.717) is 5.92 Å². The van der Waals surface area contributed by atoms with Gasteiger partial charge in [-0.25, -0.2) is 0 Å². The summed E-state index contributed by atoms with van der Waals surface area (Å²) < 4.78 is 0. The van der Waals surface area contributed by atoms with Gasteiger partial charge < -0.3 is 5.73 Å². The van der Waals surface area contributed by atoms with Gasteiger partial charge in [0.05, 0.1) is 0 Å². The second kappa shape index (κ2) is 7.26. The van der Waals surface area contributed by atoms with Crippen LogP contribution in [-0.4, -0.2) is 0 Å². The molecule has 130 valence electrons. The number of rotatable bonds is 1. The van der Waals surface area contributed by atoms with E-state index in [-0.39, 0.29) is 0 Å². The molecule has 1 aliphatic carbocycles. The first-order valence-electron chi connectivity index (χ1n) is 9.59. The van der Waals surface area contributed by atoms with E-state index in [4.69, 9.17) is 5.73 Å². The topological polar surface area (TPSA) is 26.0 Å². The van der Waals surface area contributed by atoms with Crippen LogP contribution in [0.1, 0.15) is 38.2 Å². The quantitative estimate of drug-likeness (QED) is 0.410. The molecule has 1 aliphatic rings. The van der Waals surface area contributed by atoms with Gasteiger partial charge in [-0.2, -0.15) is 0 Å². The first kappa shape index (κ1) is 16.7. The molecule has 3 aromatic rings. The highest BCUT2D eigenvalue weighted by Gasteiger charge is 2.15. The molecule has 0 heterocycles. The van der Waals surface area contributed by atoms with Crippen molar-refractivity contribution >= 4 is 16.5 Å². The van der Waals surface area contributed by atoms with Crippen molar-refractivity contribution in [1.29, 1.82) is 0 Å². The van der Waals surface area contributed by atoms with Crippen LogP contribution < -0.4 is 5.73 Å². The summed E-state index contributed by atoms with van der Waals surface area (Å²) in [4.78, 5) is 0. The first-order chi connectivity index (χ1) is 12.7. The third-order valence-corrected chi connectivity index (χ3v) is 5.52.